The van der Waals surface area contributed by atoms with Crippen LogP contribution in [0.2, 0.25) is 5.02 Å². The van der Waals surface area contributed by atoms with Crippen molar-refractivity contribution in [3.8, 4) is 11.5 Å². The van der Waals surface area contributed by atoms with Crippen LogP contribution in [0.4, 0.5) is 0 Å². The van der Waals surface area contributed by atoms with E-state index in [0.717, 1.165) is 29.7 Å². The Bertz CT molecular complexity index is 826. The van der Waals surface area contributed by atoms with E-state index in [1.807, 2.05) is 48.2 Å². The second-order valence-corrected chi connectivity index (χ2v) is 7.28. The van der Waals surface area contributed by atoms with Crippen LogP contribution in [-0.4, -0.2) is 42.3 Å². The number of carboxylic acid groups (broad SMARTS) is 1. The molecular weight excluding hydrogens is 378 g/mol. The number of carbonyl (C=O) groups is 1. The Morgan fingerprint density at radius 1 is 1.21 bits per heavy atom. The Hall–Kier alpha value is -2.24. The Morgan fingerprint density at radius 3 is 2.71 bits per heavy atom. The molecule has 2 unspecified atom stereocenters. The van der Waals surface area contributed by atoms with Crippen LogP contribution in [0.1, 0.15) is 43.4 Å². The third kappa shape index (κ3) is 4.26. The van der Waals surface area contributed by atoms with Gasteiger partial charge in [0.1, 0.15) is 17.5 Å². The number of hydrogen-bond donors (Lipinski definition) is 1. The van der Waals surface area contributed by atoms with Crippen molar-refractivity contribution in [2.75, 3.05) is 20.3 Å². The van der Waals surface area contributed by atoms with Gasteiger partial charge in [-0.15, -0.1) is 0 Å². The molecule has 0 aromatic heterocycles. The van der Waals surface area contributed by atoms with Crippen molar-refractivity contribution >= 4 is 17.6 Å². The molecule has 0 amide bonds. The molecule has 1 aliphatic heterocycles. The van der Waals surface area contributed by atoms with Crippen molar-refractivity contribution < 1.29 is 19.4 Å². The number of para-hydroxylation sites is 1. The first-order valence-corrected chi connectivity index (χ1v) is 9.98. The lowest BCUT2D eigenvalue weighted by Gasteiger charge is -2.40. The maximum Gasteiger partial charge on any atom is 0.320 e. The lowest BCUT2D eigenvalue weighted by atomic mass is 9.90. The molecule has 1 fully saturated rings. The van der Waals surface area contributed by atoms with E-state index in [4.69, 9.17) is 21.1 Å². The molecule has 1 saturated heterocycles. The zero-order valence-corrected chi connectivity index (χ0v) is 17.0. The van der Waals surface area contributed by atoms with Crippen LogP contribution in [0.5, 0.6) is 11.5 Å². The fourth-order valence-corrected chi connectivity index (χ4v) is 4.15. The molecule has 1 aliphatic rings. The van der Waals surface area contributed by atoms with Crippen LogP contribution in [0.25, 0.3) is 0 Å². The summed E-state index contributed by atoms with van der Waals surface area (Å²) in [6.45, 7) is 3.14. The van der Waals surface area contributed by atoms with Gasteiger partial charge in [-0.1, -0.05) is 36.2 Å². The maximum absolute atomic E-state index is 12.0. The third-order valence-electron chi connectivity index (χ3n) is 5.16. The van der Waals surface area contributed by atoms with Gasteiger partial charge in [-0.3, -0.25) is 9.69 Å². The number of benzene rings is 2. The van der Waals surface area contributed by atoms with Crippen molar-refractivity contribution in [2.45, 2.75) is 38.3 Å². The van der Waals surface area contributed by atoms with E-state index in [1.165, 1.54) is 0 Å². The van der Waals surface area contributed by atoms with Gasteiger partial charge in [0.2, 0.25) is 0 Å². The topological polar surface area (TPSA) is 59.0 Å². The van der Waals surface area contributed by atoms with Crippen LogP contribution in [0, 0.1) is 0 Å². The van der Waals surface area contributed by atoms with Crippen LogP contribution >= 0.6 is 11.6 Å². The molecule has 5 nitrogen and oxygen atoms in total. The fourth-order valence-electron chi connectivity index (χ4n) is 3.97. The van der Waals surface area contributed by atoms with Crippen LogP contribution < -0.4 is 9.47 Å². The normalized spacial score (nSPS) is 18.5. The number of ether oxygens (including phenoxy) is 2. The molecule has 150 valence electrons. The molecular formula is C22H26ClNO4. The monoisotopic (exact) mass is 403 g/mol. The molecule has 1 heterocycles. The molecule has 0 spiro atoms. The number of nitrogens with zero attached hydrogens (tertiary/aromatic N) is 1. The summed E-state index contributed by atoms with van der Waals surface area (Å²) >= 11 is 6.32. The lowest BCUT2D eigenvalue weighted by molar-refractivity contribution is -0.145. The van der Waals surface area contributed by atoms with E-state index < -0.39 is 12.0 Å². The van der Waals surface area contributed by atoms with Crippen molar-refractivity contribution in [1.29, 1.82) is 0 Å². The maximum atomic E-state index is 12.0. The number of rotatable bonds is 7. The summed E-state index contributed by atoms with van der Waals surface area (Å²) in [5, 5.41) is 10.5. The van der Waals surface area contributed by atoms with E-state index in [9.17, 15) is 9.90 Å². The molecule has 0 bridgehead atoms. The Balaban J connectivity index is 2.20. The van der Waals surface area contributed by atoms with Gasteiger partial charge in [0.25, 0.3) is 0 Å². The minimum absolute atomic E-state index is 0.335. The minimum Gasteiger partial charge on any atom is -0.496 e. The van der Waals surface area contributed by atoms with Crippen molar-refractivity contribution in [1.82, 2.24) is 4.90 Å². The van der Waals surface area contributed by atoms with Gasteiger partial charge < -0.3 is 14.6 Å². The highest BCUT2D eigenvalue weighted by atomic mass is 35.5. The number of halogens is 1. The first-order chi connectivity index (χ1) is 13.6. The minimum atomic E-state index is -0.806. The Morgan fingerprint density at radius 2 is 2.00 bits per heavy atom. The van der Waals surface area contributed by atoms with E-state index in [-0.39, 0.29) is 6.04 Å². The number of aliphatic carboxylic acids is 1. The molecule has 1 N–H and O–H groups in total. The predicted molar refractivity (Wildman–Crippen MR) is 109 cm³/mol. The van der Waals surface area contributed by atoms with Gasteiger partial charge in [-0.05, 0) is 50.6 Å². The van der Waals surface area contributed by atoms with Gasteiger partial charge in [-0.25, -0.2) is 0 Å². The summed E-state index contributed by atoms with van der Waals surface area (Å²) in [5.41, 5.74) is 1.76. The molecule has 2 aromatic carbocycles. The number of piperidine rings is 1. The number of carboxylic acids is 1. The summed E-state index contributed by atoms with van der Waals surface area (Å²) in [4.78, 5) is 14.1. The average molecular weight is 404 g/mol. The van der Waals surface area contributed by atoms with E-state index in [1.54, 1.807) is 13.2 Å². The van der Waals surface area contributed by atoms with Crippen LogP contribution in [-0.2, 0) is 4.79 Å². The average Bonchev–Trinajstić information content (AvgIpc) is 2.70. The number of methoxy groups -OCH3 is 1. The van der Waals surface area contributed by atoms with Gasteiger partial charge >= 0.3 is 5.97 Å². The zero-order chi connectivity index (χ0) is 20.1. The highest BCUT2D eigenvalue weighted by Crippen LogP contribution is 2.42. The quantitative estimate of drug-likeness (QED) is 0.721. The first-order valence-electron chi connectivity index (χ1n) is 9.60. The largest absolute Gasteiger partial charge is 0.496 e. The third-order valence-corrected chi connectivity index (χ3v) is 5.40. The first kappa shape index (κ1) is 20.5. The number of likely N-dealkylation sites (tertiary alicyclic amines) is 1. The molecule has 28 heavy (non-hydrogen) atoms. The van der Waals surface area contributed by atoms with Gasteiger partial charge in [0.05, 0.1) is 19.8 Å². The summed E-state index contributed by atoms with van der Waals surface area (Å²) in [6, 6.07) is 12.3. The molecule has 0 saturated carbocycles. The van der Waals surface area contributed by atoms with E-state index >= 15 is 0 Å². The second-order valence-electron chi connectivity index (χ2n) is 6.85. The van der Waals surface area contributed by atoms with E-state index in [2.05, 4.69) is 0 Å². The van der Waals surface area contributed by atoms with Crippen molar-refractivity contribution in [2.24, 2.45) is 0 Å². The predicted octanol–water partition coefficient (Wildman–Crippen LogP) is 4.78. The highest BCUT2D eigenvalue weighted by Gasteiger charge is 2.37. The van der Waals surface area contributed by atoms with E-state index in [0.29, 0.717) is 30.3 Å². The zero-order valence-electron chi connectivity index (χ0n) is 16.2. The molecule has 2 aromatic rings. The molecule has 0 aliphatic carbocycles. The molecule has 3 rings (SSSR count). The standard InChI is InChI=1S/C22H26ClNO4/c1-3-28-20-10-5-4-8-16(20)21(17-14-15(23)11-12-19(17)27-2)24-13-7-6-9-18(24)22(25)26/h4-5,8,10-12,14,18,21H,3,6-7,9,13H2,1-2H3,(H,25,26). The second kappa shape index (κ2) is 9.30. The van der Waals surface area contributed by atoms with Crippen molar-refractivity contribution in [3.05, 3.63) is 58.6 Å². The summed E-state index contributed by atoms with van der Waals surface area (Å²) in [7, 11) is 1.61. The Kier molecular flexibility index (Phi) is 6.81. The highest BCUT2D eigenvalue weighted by molar-refractivity contribution is 6.30. The Labute approximate surface area is 170 Å². The van der Waals surface area contributed by atoms with Crippen LogP contribution in [0.3, 0.4) is 0 Å². The smallest absolute Gasteiger partial charge is 0.320 e. The van der Waals surface area contributed by atoms with Crippen molar-refractivity contribution in [3.63, 3.8) is 0 Å². The summed E-state index contributed by atoms with van der Waals surface area (Å²) < 4.78 is 11.5. The van der Waals surface area contributed by atoms with Crippen LogP contribution in [0.15, 0.2) is 42.5 Å². The fraction of sp³-hybridized carbons (Fsp3) is 0.409. The van der Waals surface area contributed by atoms with Gasteiger partial charge in [-0.2, -0.15) is 0 Å². The summed E-state index contributed by atoms with van der Waals surface area (Å²) in [5.74, 6) is 0.613. The molecule has 6 heteroatoms. The summed E-state index contributed by atoms with van der Waals surface area (Å²) in [6.07, 6.45) is 2.46. The SMILES string of the molecule is CCOc1ccccc1C(c1cc(Cl)ccc1OC)N1CCCCC1C(=O)O. The van der Waals surface area contributed by atoms with Gasteiger partial charge in [0, 0.05) is 16.1 Å². The molecule has 2 atom stereocenters. The van der Waals surface area contributed by atoms with Gasteiger partial charge in [0.15, 0.2) is 0 Å². The number of hydrogen-bond acceptors (Lipinski definition) is 4. The molecule has 0 radical (unpaired) electrons. The lowest BCUT2D eigenvalue weighted by Crippen LogP contribution is -2.47.